The minimum atomic E-state index is -0.333. The zero-order valence-electron chi connectivity index (χ0n) is 17.0. The third-order valence-corrected chi connectivity index (χ3v) is 5.12. The summed E-state index contributed by atoms with van der Waals surface area (Å²) < 4.78 is 0. The van der Waals surface area contributed by atoms with Crippen LogP contribution in [0.3, 0.4) is 0 Å². The van der Waals surface area contributed by atoms with E-state index in [1.54, 1.807) is 6.07 Å². The standard InChI is InChI=1S/C22H28N4O2/c1-15-7-8-17(13-16(15)2)23-22(28)24-18-9-10-20(25(3)4)19(14-18)21(27)26-11-5-6-12-26/h7-10,13-14H,5-6,11-12H2,1-4H3,(H2,23,24,28). The molecule has 28 heavy (non-hydrogen) atoms. The molecule has 0 radical (unpaired) electrons. The Labute approximate surface area is 166 Å². The summed E-state index contributed by atoms with van der Waals surface area (Å²) in [5, 5.41) is 5.68. The highest BCUT2D eigenvalue weighted by Crippen LogP contribution is 2.26. The zero-order valence-corrected chi connectivity index (χ0v) is 17.0. The fraction of sp³-hybridized carbons (Fsp3) is 0.364. The van der Waals surface area contributed by atoms with Crippen LogP contribution in [0.2, 0.25) is 0 Å². The van der Waals surface area contributed by atoms with Crippen molar-refractivity contribution in [2.24, 2.45) is 0 Å². The maximum atomic E-state index is 12.9. The van der Waals surface area contributed by atoms with Crippen LogP contribution in [-0.2, 0) is 0 Å². The SMILES string of the molecule is Cc1ccc(NC(=O)Nc2ccc(N(C)C)c(C(=O)N3CCCC3)c2)cc1C. The lowest BCUT2D eigenvalue weighted by atomic mass is 10.1. The van der Waals surface area contributed by atoms with E-state index in [9.17, 15) is 9.59 Å². The molecule has 0 atom stereocenters. The van der Waals surface area contributed by atoms with Gasteiger partial charge in [0, 0.05) is 44.2 Å². The van der Waals surface area contributed by atoms with Crippen molar-refractivity contribution in [1.82, 2.24) is 4.90 Å². The van der Waals surface area contributed by atoms with Gasteiger partial charge in [-0.2, -0.15) is 0 Å². The van der Waals surface area contributed by atoms with Crippen molar-refractivity contribution in [2.45, 2.75) is 26.7 Å². The van der Waals surface area contributed by atoms with E-state index in [1.807, 2.05) is 68.1 Å². The summed E-state index contributed by atoms with van der Waals surface area (Å²) in [6, 6.07) is 10.9. The van der Waals surface area contributed by atoms with Gasteiger partial charge in [-0.1, -0.05) is 6.07 Å². The molecule has 1 heterocycles. The first kappa shape index (κ1) is 19.7. The van der Waals surface area contributed by atoms with Crippen LogP contribution in [0.5, 0.6) is 0 Å². The first-order valence-electron chi connectivity index (χ1n) is 9.61. The lowest BCUT2D eigenvalue weighted by Gasteiger charge is -2.22. The van der Waals surface area contributed by atoms with Gasteiger partial charge in [0.2, 0.25) is 0 Å². The van der Waals surface area contributed by atoms with Gasteiger partial charge in [0.05, 0.1) is 5.56 Å². The third-order valence-electron chi connectivity index (χ3n) is 5.12. The van der Waals surface area contributed by atoms with E-state index in [4.69, 9.17) is 0 Å². The van der Waals surface area contributed by atoms with Gasteiger partial charge in [-0.3, -0.25) is 4.79 Å². The van der Waals surface area contributed by atoms with Crippen LogP contribution in [0.15, 0.2) is 36.4 Å². The average Bonchev–Trinajstić information content (AvgIpc) is 3.18. The van der Waals surface area contributed by atoms with E-state index in [0.29, 0.717) is 11.3 Å². The summed E-state index contributed by atoms with van der Waals surface area (Å²) in [6.07, 6.45) is 2.08. The highest BCUT2D eigenvalue weighted by Gasteiger charge is 2.23. The van der Waals surface area contributed by atoms with Crippen molar-refractivity contribution in [1.29, 1.82) is 0 Å². The van der Waals surface area contributed by atoms with Gasteiger partial charge in [0.25, 0.3) is 5.91 Å². The Morgan fingerprint density at radius 1 is 0.893 bits per heavy atom. The largest absolute Gasteiger partial charge is 0.377 e. The average molecular weight is 380 g/mol. The number of aryl methyl sites for hydroxylation is 2. The first-order valence-corrected chi connectivity index (χ1v) is 9.61. The van der Waals surface area contributed by atoms with Crippen LogP contribution in [0, 0.1) is 13.8 Å². The number of hydrogen-bond donors (Lipinski definition) is 2. The number of nitrogens with zero attached hydrogens (tertiary/aromatic N) is 2. The highest BCUT2D eigenvalue weighted by atomic mass is 16.2. The molecule has 6 nitrogen and oxygen atoms in total. The van der Waals surface area contributed by atoms with Crippen molar-refractivity contribution >= 4 is 29.0 Å². The van der Waals surface area contributed by atoms with E-state index in [2.05, 4.69) is 10.6 Å². The molecule has 6 heteroatoms. The molecule has 0 unspecified atom stereocenters. The number of benzene rings is 2. The molecule has 1 saturated heterocycles. The topological polar surface area (TPSA) is 64.7 Å². The number of urea groups is 1. The lowest BCUT2D eigenvalue weighted by molar-refractivity contribution is 0.0793. The third kappa shape index (κ3) is 4.44. The van der Waals surface area contributed by atoms with Crippen LogP contribution in [0.25, 0.3) is 0 Å². The summed E-state index contributed by atoms with van der Waals surface area (Å²) in [7, 11) is 3.82. The van der Waals surface area contributed by atoms with Gasteiger partial charge in [-0.15, -0.1) is 0 Å². The number of rotatable bonds is 4. The molecule has 0 bridgehead atoms. The molecular formula is C22H28N4O2. The smallest absolute Gasteiger partial charge is 0.323 e. The van der Waals surface area contributed by atoms with Gasteiger partial charge < -0.3 is 20.4 Å². The predicted octanol–water partition coefficient (Wildman–Crippen LogP) is 4.25. The maximum Gasteiger partial charge on any atom is 0.323 e. The number of carbonyl (C=O) groups excluding carboxylic acids is 2. The number of carbonyl (C=O) groups is 2. The maximum absolute atomic E-state index is 12.9. The van der Waals surface area contributed by atoms with Gasteiger partial charge in [-0.25, -0.2) is 4.79 Å². The summed E-state index contributed by atoms with van der Waals surface area (Å²) in [5.74, 6) is 0.0133. The number of amides is 3. The Kier molecular flexibility index (Phi) is 5.87. The van der Waals surface area contributed by atoms with E-state index in [-0.39, 0.29) is 11.9 Å². The molecule has 0 saturated carbocycles. The number of hydrogen-bond acceptors (Lipinski definition) is 3. The first-order chi connectivity index (χ1) is 13.3. The molecule has 1 aliphatic heterocycles. The molecule has 0 aromatic heterocycles. The minimum Gasteiger partial charge on any atom is -0.377 e. The zero-order chi connectivity index (χ0) is 20.3. The Morgan fingerprint density at radius 3 is 2.11 bits per heavy atom. The van der Waals surface area contributed by atoms with Gasteiger partial charge >= 0.3 is 6.03 Å². The van der Waals surface area contributed by atoms with Gasteiger partial charge in [0.15, 0.2) is 0 Å². The number of nitrogens with one attached hydrogen (secondary N) is 2. The van der Waals surface area contributed by atoms with Crippen LogP contribution in [0.4, 0.5) is 21.9 Å². The molecule has 2 aromatic carbocycles. The second kappa shape index (κ2) is 8.33. The summed E-state index contributed by atoms with van der Waals surface area (Å²) in [5.41, 5.74) is 5.07. The predicted molar refractivity (Wildman–Crippen MR) is 114 cm³/mol. The monoisotopic (exact) mass is 380 g/mol. The molecule has 2 aromatic rings. The van der Waals surface area contributed by atoms with Crippen LogP contribution < -0.4 is 15.5 Å². The van der Waals surface area contributed by atoms with Crippen LogP contribution in [-0.4, -0.2) is 44.0 Å². The van der Waals surface area contributed by atoms with E-state index < -0.39 is 0 Å². The van der Waals surface area contributed by atoms with E-state index in [1.165, 1.54) is 5.56 Å². The van der Waals surface area contributed by atoms with Gasteiger partial charge in [-0.05, 0) is 68.1 Å². The molecule has 1 aliphatic rings. The van der Waals surface area contributed by atoms with Crippen molar-refractivity contribution in [3.8, 4) is 0 Å². The number of likely N-dealkylation sites (tertiary alicyclic amines) is 1. The highest BCUT2D eigenvalue weighted by molar-refractivity contribution is 6.04. The summed E-state index contributed by atoms with van der Waals surface area (Å²) >= 11 is 0. The van der Waals surface area contributed by atoms with Crippen molar-refractivity contribution in [2.75, 3.05) is 42.7 Å². The molecule has 0 aliphatic carbocycles. The molecular weight excluding hydrogens is 352 g/mol. The Balaban J connectivity index is 1.77. The van der Waals surface area contributed by atoms with Crippen molar-refractivity contribution in [3.63, 3.8) is 0 Å². The fourth-order valence-corrected chi connectivity index (χ4v) is 3.38. The summed E-state index contributed by atoms with van der Waals surface area (Å²) in [4.78, 5) is 29.1. The van der Waals surface area contributed by atoms with Gasteiger partial charge in [0.1, 0.15) is 0 Å². The van der Waals surface area contributed by atoms with Crippen LogP contribution in [0.1, 0.15) is 34.3 Å². The molecule has 1 fully saturated rings. The van der Waals surface area contributed by atoms with E-state index in [0.717, 1.165) is 42.9 Å². The second-order valence-corrected chi connectivity index (χ2v) is 7.50. The molecule has 2 N–H and O–H groups in total. The fourth-order valence-electron chi connectivity index (χ4n) is 3.38. The van der Waals surface area contributed by atoms with Crippen LogP contribution >= 0.6 is 0 Å². The second-order valence-electron chi connectivity index (χ2n) is 7.50. The molecule has 3 rings (SSSR count). The number of anilines is 3. The Morgan fingerprint density at radius 2 is 1.50 bits per heavy atom. The molecule has 3 amide bonds. The van der Waals surface area contributed by atoms with E-state index >= 15 is 0 Å². The quantitative estimate of drug-likeness (QED) is 0.833. The Bertz CT molecular complexity index is 886. The lowest BCUT2D eigenvalue weighted by Crippen LogP contribution is -2.29. The molecule has 0 spiro atoms. The van der Waals surface area contributed by atoms with Crippen molar-refractivity contribution < 1.29 is 9.59 Å². The molecule has 148 valence electrons. The summed E-state index contributed by atoms with van der Waals surface area (Å²) in [6.45, 7) is 5.62. The normalized spacial score (nSPS) is 13.4. The Hall–Kier alpha value is -3.02. The minimum absolute atomic E-state index is 0.0133. The van der Waals surface area contributed by atoms with Crippen molar-refractivity contribution in [3.05, 3.63) is 53.1 Å².